The van der Waals surface area contributed by atoms with Crippen LogP contribution in [0.4, 0.5) is 4.79 Å². The molecular weight excluding hydrogens is 753 g/mol. The molecule has 2 aromatic heterocycles. The zero-order valence-electron chi connectivity index (χ0n) is 34.6. The zero-order valence-corrected chi connectivity index (χ0v) is 34.6. The molecule has 308 valence electrons. The third kappa shape index (κ3) is 7.33. The lowest BCUT2D eigenvalue weighted by Crippen LogP contribution is -2.50. The quantitative estimate of drug-likeness (QED) is 0.109. The second kappa shape index (κ2) is 16.1. The summed E-state index contributed by atoms with van der Waals surface area (Å²) in [5.41, 5.74) is 12.1. The van der Waals surface area contributed by atoms with Gasteiger partial charge in [-0.2, -0.15) is 0 Å². The molecule has 2 aliphatic heterocycles. The number of fused-ring (bicyclic) bond motifs is 4. The van der Waals surface area contributed by atoms with Crippen molar-refractivity contribution in [2.24, 2.45) is 5.92 Å². The van der Waals surface area contributed by atoms with E-state index in [0.29, 0.717) is 13.1 Å². The van der Waals surface area contributed by atoms with Gasteiger partial charge in [0.2, 0.25) is 11.8 Å². The number of H-pyrrole nitrogens is 2. The third-order valence-electron chi connectivity index (χ3n) is 12.7. The van der Waals surface area contributed by atoms with E-state index in [4.69, 9.17) is 9.97 Å². The first kappa shape index (κ1) is 39.2. The Kier molecular flexibility index (Phi) is 10.5. The Labute approximate surface area is 350 Å². The van der Waals surface area contributed by atoms with Gasteiger partial charge in [0.05, 0.1) is 35.0 Å². The molecule has 4 heterocycles. The van der Waals surface area contributed by atoms with E-state index in [1.54, 1.807) is 4.90 Å². The molecule has 12 heteroatoms. The molecule has 4 aromatic carbocycles. The molecule has 3 aliphatic rings. The maximum absolute atomic E-state index is 14.0. The summed E-state index contributed by atoms with van der Waals surface area (Å²) in [7, 11) is 3.92. The van der Waals surface area contributed by atoms with Crippen LogP contribution in [-0.2, 0) is 22.4 Å². The van der Waals surface area contributed by atoms with Gasteiger partial charge >= 0.3 is 6.09 Å². The highest BCUT2D eigenvalue weighted by atomic mass is 16.4. The van der Waals surface area contributed by atoms with Crippen LogP contribution in [-0.4, -0.2) is 90.9 Å². The minimum absolute atomic E-state index is 0.0900. The molecule has 12 nitrogen and oxygen atoms in total. The molecule has 9 rings (SSSR count). The van der Waals surface area contributed by atoms with Crippen molar-refractivity contribution in [3.8, 4) is 33.5 Å². The van der Waals surface area contributed by atoms with Crippen molar-refractivity contribution < 1.29 is 19.5 Å². The van der Waals surface area contributed by atoms with Crippen molar-refractivity contribution in [2.45, 2.75) is 76.5 Å². The van der Waals surface area contributed by atoms with Crippen LogP contribution in [0.5, 0.6) is 0 Å². The van der Waals surface area contributed by atoms with Crippen molar-refractivity contribution in [3.63, 3.8) is 0 Å². The highest BCUT2D eigenvalue weighted by Crippen LogP contribution is 2.40. The number of carboxylic acid groups (broad SMARTS) is 1. The molecule has 0 radical (unpaired) electrons. The molecule has 1 aliphatic carbocycles. The zero-order chi connectivity index (χ0) is 41.7. The van der Waals surface area contributed by atoms with Crippen molar-refractivity contribution in [2.75, 3.05) is 27.2 Å². The van der Waals surface area contributed by atoms with Gasteiger partial charge < -0.3 is 30.2 Å². The van der Waals surface area contributed by atoms with Crippen LogP contribution in [0.15, 0.2) is 91.1 Å². The van der Waals surface area contributed by atoms with Crippen LogP contribution in [0.2, 0.25) is 0 Å². The average molecular weight is 805 g/mol. The monoisotopic (exact) mass is 804 g/mol. The molecule has 0 saturated carbocycles. The Hall–Kier alpha value is -6.27. The number of nitrogens with one attached hydrogen (secondary N) is 3. The molecule has 60 heavy (non-hydrogen) atoms. The minimum Gasteiger partial charge on any atom is -0.465 e. The summed E-state index contributed by atoms with van der Waals surface area (Å²) in [6, 6.07) is 28.2. The minimum atomic E-state index is -1.20. The Bertz CT molecular complexity index is 2580. The number of aryl methyl sites for hydroxylation is 2. The first-order chi connectivity index (χ1) is 29.0. The van der Waals surface area contributed by atoms with E-state index in [-0.39, 0.29) is 35.9 Å². The number of hydrogen-bond acceptors (Lipinski definition) is 6. The molecule has 4 atom stereocenters. The first-order valence-corrected chi connectivity index (χ1v) is 21.2. The van der Waals surface area contributed by atoms with E-state index in [2.05, 4.69) is 63.8 Å². The lowest BCUT2D eigenvalue weighted by molar-refractivity contribution is -0.137. The maximum Gasteiger partial charge on any atom is 0.405 e. The average Bonchev–Trinajstić information content (AvgIpc) is 4.08. The molecular formula is C48H52N8O4. The molecule has 0 bridgehead atoms. The van der Waals surface area contributed by atoms with Crippen LogP contribution < -0.4 is 5.32 Å². The highest BCUT2D eigenvalue weighted by Gasteiger charge is 2.39. The molecule has 2 fully saturated rings. The number of imidazole rings is 2. The van der Waals surface area contributed by atoms with Gasteiger partial charge in [-0.1, -0.05) is 80.6 Å². The highest BCUT2D eigenvalue weighted by molar-refractivity contribution is 5.87. The van der Waals surface area contributed by atoms with Crippen LogP contribution in [0.25, 0.3) is 44.5 Å². The normalized spacial score (nSPS) is 18.5. The summed E-state index contributed by atoms with van der Waals surface area (Å²) in [6.45, 7) is 4.98. The van der Waals surface area contributed by atoms with E-state index < -0.39 is 12.1 Å². The predicted octanol–water partition coefficient (Wildman–Crippen LogP) is 8.31. The summed E-state index contributed by atoms with van der Waals surface area (Å²) >= 11 is 0. The van der Waals surface area contributed by atoms with Gasteiger partial charge in [-0.25, -0.2) is 14.8 Å². The van der Waals surface area contributed by atoms with Crippen molar-refractivity contribution >= 4 is 28.9 Å². The van der Waals surface area contributed by atoms with E-state index in [1.165, 1.54) is 22.3 Å². The van der Waals surface area contributed by atoms with Crippen LogP contribution in [0, 0.1) is 5.92 Å². The van der Waals surface area contributed by atoms with Gasteiger partial charge in [-0.15, -0.1) is 0 Å². The number of rotatable bonds is 10. The SMILES string of the molecule is CC(C)[C@H](NC(=O)O)C(=O)N1CCC[C@H]1c1nc2ccc(-c3ccc4c(c3)CCc3cc(-c5cnc([C@@H]6CCCN6C(=O)C(c6ccccc6)N(C)C)[nH]5)ccc3-4)cc2[nH]1. The molecule has 2 saturated heterocycles. The Morgan fingerprint density at radius 2 is 1.38 bits per heavy atom. The van der Waals surface area contributed by atoms with Crippen LogP contribution in [0.3, 0.4) is 0 Å². The number of amides is 3. The number of benzene rings is 4. The predicted molar refractivity (Wildman–Crippen MR) is 232 cm³/mol. The number of carbonyl (C=O) groups is 3. The van der Waals surface area contributed by atoms with Crippen molar-refractivity contribution in [1.29, 1.82) is 0 Å². The molecule has 1 unspecified atom stereocenters. The second-order valence-electron chi connectivity index (χ2n) is 17.1. The summed E-state index contributed by atoms with van der Waals surface area (Å²) in [5, 5.41) is 11.8. The first-order valence-electron chi connectivity index (χ1n) is 21.2. The lowest BCUT2D eigenvalue weighted by atomic mass is 9.83. The summed E-state index contributed by atoms with van der Waals surface area (Å²) < 4.78 is 0. The largest absolute Gasteiger partial charge is 0.465 e. The van der Waals surface area contributed by atoms with Crippen molar-refractivity contribution in [1.82, 2.24) is 40.0 Å². The molecule has 0 spiro atoms. The fourth-order valence-corrected chi connectivity index (χ4v) is 9.67. The Morgan fingerprint density at radius 3 is 2.05 bits per heavy atom. The molecule has 3 amide bonds. The third-order valence-corrected chi connectivity index (χ3v) is 12.7. The smallest absolute Gasteiger partial charge is 0.405 e. The van der Waals surface area contributed by atoms with Gasteiger partial charge in [0.15, 0.2) is 0 Å². The standard InChI is InChI=1S/C48H52N8O4/c1-28(2)42(53-48(59)60)46(57)55-22-9-13-41(55)45-50-37-21-18-31(26-38(37)51-45)30-16-19-35-32(24-30)14-15-33-25-34(17-20-36(33)35)39-27-49-44(52-39)40-12-8-23-56(40)47(58)43(54(3)4)29-10-6-5-7-11-29/h5-7,10-11,16-21,24-28,40-43,53H,8-9,12-15,22-23H2,1-4H3,(H,49,52)(H,50,51)(H,59,60)/t40-,41-,42-,43?/m0/s1. The molecule has 4 N–H and O–H groups in total. The number of likely N-dealkylation sites (tertiary alicyclic amines) is 2. The van der Waals surface area contributed by atoms with Gasteiger partial charge in [-0.3, -0.25) is 14.5 Å². The number of likely N-dealkylation sites (N-methyl/N-ethyl adjacent to an activating group) is 1. The van der Waals surface area contributed by atoms with Gasteiger partial charge in [0.1, 0.15) is 23.7 Å². The lowest BCUT2D eigenvalue weighted by Gasteiger charge is -2.31. The van der Waals surface area contributed by atoms with Gasteiger partial charge in [0.25, 0.3) is 0 Å². The number of aromatic amines is 2. The number of aromatic nitrogens is 4. The summed E-state index contributed by atoms with van der Waals surface area (Å²) in [4.78, 5) is 61.6. The maximum atomic E-state index is 14.0. The van der Waals surface area contributed by atoms with Gasteiger partial charge in [0, 0.05) is 13.1 Å². The van der Waals surface area contributed by atoms with E-state index in [9.17, 15) is 19.5 Å². The van der Waals surface area contributed by atoms with Gasteiger partial charge in [-0.05, 0) is 121 Å². The van der Waals surface area contributed by atoms with Crippen LogP contribution >= 0.6 is 0 Å². The van der Waals surface area contributed by atoms with E-state index >= 15 is 0 Å². The van der Waals surface area contributed by atoms with E-state index in [0.717, 1.165) is 89.2 Å². The summed E-state index contributed by atoms with van der Waals surface area (Å²) in [5.74, 6) is 1.28. The summed E-state index contributed by atoms with van der Waals surface area (Å²) in [6.07, 6.45) is 5.98. The number of carbonyl (C=O) groups excluding carboxylic acids is 2. The number of hydrogen-bond donors (Lipinski definition) is 4. The van der Waals surface area contributed by atoms with Crippen LogP contribution in [0.1, 0.15) is 86.0 Å². The second-order valence-corrected chi connectivity index (χ2v) is 17.1. The topological polar surface area (TPSA) is 151 Å². The Morgan fingerprint density at radius 1 is 0.767 bits per heavy atom. The fourth-order valence-electron chi connectivity index (χ4n) is 9.67. The van der Waals surface area contributed by atoms with Crippen molar-refractivity contribution in [3.05, 3.63) is 119 Å². The Balaban J connectivity index is 0.913. The number of nitrogens with zero attached hydrogens (tertiary/aromatic N) is 5. The fraction of sp³-hybridized carbons (Fsp3) is 0.354. The molecule has 6 aromatic rings. The van der Waals surface area contributed by atoms with E-state index in [1.807, 2.05) is 80.3 Å².